The van der Waals surface area contributed by atoms with Gasteiger partial charge in [0.25, 0.3) is 0 Å². The van der Waals surface area contributed by atoms with E-state index in [1.807, 2.05) is 13.8 Å². The maximum absolute atomic E-state index is 12.6. The van der Waals surface area contributed by atoms with Crippen LogP contribution >= 0.6 is 0 Å². The molecule has 0 amide bonds. The first-order valence-electron chi connectivity index (χ1n) is 4.65. The third kappa shape index (κ3) is 3.56. The van der Waals surface area contributed by atoms with Crippen LogP contribution in [0.2, 0.25) is 0 Å². The summed E-state index contributed by atoms with van der Waals surface area (Å²) < 4.78 is 17.6. The smallest absolute Gasteiger partial charge is 0.153 e. The summed E-state index contributed by atoms with van der Waals surface area (Å²) in [6.07, 6.45) is 0.643. The lowest BCUT2D eigenvalue weighted by atomic mass is 10.2. The molecular weight excluding hydrogens is 183 g/mol. The monoisotopic (exact) mass is 198 g/mol. The van der Waals surface area contributed by atoms with Gasteiger partial charge in [-0.05, 0) is 19.1 Å². The molecule has 0 heterocycles. The molecule has 1 aromatic carbocycles. The molecule has 1 rings (SSSR count). The number of carbonyl (C=O) groups is 1. The summed E-state index contributed by atoms with van der Waals surface area (Å²) in [6.45, 7) is 6.20. The zero-order chi connectivity index (χ0) is 11.0. The van der Waals surface area contributed by atoms with Gasteiger partial charge in [0.2, 0.25) is 0 Å². The Morgan fingerprint density at radius 1 is 1.43 bits per heavy atom. The van der Waals surface area contributed by atoms with Crippen molar-refractivity contribution >= 4 is 6.29 Å². The molecule has 0 aromatic heterocycles. The van der Waals surface area contributed by atoms with E-state index in [9.17, 15) is 9.18 Å². The van der Waals surface area contributed by atoms with E-state index >= 15 is 0 Å². The van der Waals surface area contributed by atoms with E-state index in [4.69, 9.17) is 4.74 Å². The van der Waals surface area contributed by atoms with Crippen LogP contribution in [0.5, 0.6) is 5.75 Å². The van der Waals surface area contributed by atoms with Gasteiger partial charge >= 0.3 is 0 Å². The van der Waals surface area contributed by atoms with Crippen LogP contribution in [0.4, 0.5) is 4.39 Å². The Morgan fingerprint density at radius 3 is 2.57 bits per heavy atom. The molecule has 0 fully saturated rings. The van der Waals surface area contributed by atoms with Crippen molar-refractivity contribution in [2.45, 2.75) is 20.8 Å². The van der Waals surface area contributed by atoms with Crippen molar-refractivity contribution in [3.05, 3.63) is 29.6 Å². The van der Waals surface area contributed by atoms with Gasteiger partial charge in [-0.2, -0.15) is 0 Å². The van der Waals surface area contributed by atoms with Crippen LogP contribution in [0.3, 0.4) is 0 Å². The lowest BCUT2D eigenvalue weighted by molar-refractivity contribution is 0.112. The number of benzene rings is 1. The zero-order valence-electron chi connectivity index (χ0n) is 8.71. The Hall–Kier alpha value is -1.38. The first-order valence-corrected chi connectivity index (χ1v) is 4.65. The summed E-state index contributed by atoms with van der Waals surface area (Å²) in [4.78, 5) is 10.4. The Bertz CT molecular complexity index is 285. The highest BCUT2D eigenvalue weighted by molar-refractivity contribution is 5.79. The van der Waals surface area contributed by atoms with Crippen LogP contribution < -0.4 is 4.74 Å². The molecule has 0 aliphatic heterocycles. The Kier molecular flexibility index (Phi) is 6.37. The second-order valence-electron chi connectivity index (χ2n) is 2.23. The van der Waals surface area contributed by atoms with E-state index in [0.29, 0.717) is 24.2 Å². The minimum Gasteiger partial charge on any atom is -0.493 e. The number of ether oxygens (including phenoxy) is 1. The first kappa shape index (κ1) is 12.6. The van der Waals surface area contributed by atoms with E-state index in [0.717, 1.165) is 0 Å². The number of hydrogen-bond acceptors (Lipinski definition) is 2. The summed E-state index contributed by atoms with van der Waals surface area (Å²) in [5.41, 5.74) is 0.373. The maximum Gasteiger partial charge on any atom is 0.153 e. The molecule has 14 heavy (non-hydrogen) atoms. The zero-order valence-corrected chi connectivity index (χ0v) is 8.71. The van der Waals surface area contributed by atoms with Crippen molar-refractivity contribution < 1.29 is 13.9 Å². The molecule has 3 heteroatoms. The normalized spacial score (nSPS) is 8.57. The molecule has 0 unspecified atom stereocenters. The van der Waals surface area contributed by atoms with Gasteiger partial charge in [0.05, 0.1) is 12.2 Å². The molecule has 2 nitrogen and oxygen atoms in total. The molecule has 78 valence electrons. The van der Waals surface area contributed by atoms with Gasteiger partial charge in [0.1, 0.15) is 11.6 Å². The number of halogens is 1. The van der Waals surface area contributed by atoms with Crippen LogP contribution in [0.15, 0.2) is 18.2 Å². The van der Waals surface area contributed by atoms with Gasteiger partial charge in [-0.3, -0.25) is 4.79 Å². The lowest BCUT2D eigenvalue weighted by Crippen LogP contribution is -1.96. The van der Waals surface area contributed by atoms with Gasteiger partial charge in [0.15, 0.2) is 6.29 Å². The molecule has 0 spiro atoms. The SMILES string of the molecule is CC.CCOc1cc(F)ccc1C=O. The van der Waals surface area contributed by atoms with Crippen molar-refractivity contribution in [2.24, 2.45) is 0 Å². The van der Waals surface area contributed by atoms with E-state index in [2.05, 4.69) is 0 Å². The predicted octanol–water partition coefficient (Wildman–Crippen LogP) is 3.06. The Labute approximate surface area is 83.7 Å². The van der Waals surface area contributed by atoms with Gasteiger partial charge in [-0.25, -0.2) is 4.39 Å². The number of rotatable bonds is 3. The quantitative estimate of drug-likeness (QED) is 0.698. The molecule has 0 aliphatic rings. The number of carbonyl (C=O) groups excluding carboxylic acids is 1. The van der Waals surface area contributed by atoms with Crippen molar-refractivity contribution in [3.63, 3.8) is 0 Å². The van der Waals surface area contributed by atoms with E-state index in [1.165, 1.54) is 18.2 Å². The average molecular weight is 198 g/mol. The highest BCUT2D eigenvalue weighted by atomic mass is 19.1. The predicted molar refractivity (Wildman–Crippen MR) is 54.3 cm³/mol. The lowest BCUT2D eigenvalue weighted by Gasteiger charge is -2.04. The number of hydrogen-bond donors (Lipinski definition) is 0. The molecule has 0 bridgehead atoms. The molecule has 0 radical (unpaired) electrons. The van der Waals surface area contributed by atoms with Crippen molar-refractivity contribution in [2.75, 3.05) is 6.61 Å². The molecule has 0 N–H and O–H groups in total. The Balaban J connectivity index is 0.000000791. The molecule has 0 aliphatic carbocycles. The van der Waals surface area contributed by atoms with Gasteiger partial charge in [-0.15, -0.1) is 0 Å². The van der Waals surface area contributed by atoms with Gasteiger partial charge in [0, 0.05) is 6.07 Å². The minimum absolute atomic E-state index is 0.299. The van der Waals surface area contributed by atoms with Crippen LogP contribution in [0, 0.1) is 5.82 Å². The van der Waals surface area contributed by atoms with Crippen LogP contribution in [0.25, 0.3) is 0 Å². The highest BCUT2D eigenvalue weighted by Gasteiger charge is 2.02. The number of aldehydes is 1. The first-order chi connectivity index (χ1) is 6.77. The standard InChI is InChI=1S/C9H9FO2.C2H6/c1-2-12-9-5-8(10)4-3-7(9)6-11;1-2/h3-6H,2H2,1H3;1-2H3. The van der Waals surface area contributed by atoms with Gasteiger partial charge < -0.3 is 4.74 Å². The fourth-order valence-corrected chi connectivity index (χ4v) is 0.886. The van der Waals surface area contributed by atoms with E-state index in [-0.39, 0.29) is 0 Å². The third-order valence-corrected chi connectivity index (χ3v) is 1.40. The molecule has 0 saturated carbocycles. The summed E-state index contributed by atoms with van der Waals surface area (Å²) in [5.74, 6) is -0.100. The fraction of sp³-hybridized carbons (Fsp3) is 0.364. The van der Waals surface area contributed by atoms with Crippen molar-refractivity contribution in [1.82, 2.24) is 0 Å². The summed E-state index contributed by atoms with van der Waals surface area (Å²) in [5, 5.41) is 0. The van der Waals surface area contributed by atoms with E-state index in [1.54, 1.807) is 6.92 Å². The van der Waals surface area contributed by atoms with Crippen LogP contribution in [-0.4, -0.2) is 12.9 Å². The average Bonchev–Trinajstić information content (AvgIpc) is 2.22. The second-order valence-corrected chi connectivity index (χ2v) is 2.23. The minimum atomic E-state index is -0.399. The van der Waals surface area contributed by atoms with E-state index < -0.39 is 5.82 Å². The Morgan fingerprint density at radius 2 is 2.07 bits per heavy atom. The molecule has 1 aromatic rings. The van der Waals surface area contributed by atoms with Crippen LogP contribution in [-0.2, 0) is 0 Å². The van der Waals surface area contributed by atoms with Crippen molar-refractivity contribution in [3.8, 4) is 5.75 Å². The largest absolute Gasteiger partial charge is 0.493 e. The van der Waals surface area contributed by atoms with Crippen LogP contribution in [0.1, 0.15) is 31.1 Å². The third-order valence-electron chi connectivity index (χ3n) is 1.40. The highest BCUT2D eigenvalue weighted by Crippen LogP contribution is 2.17. The fourth-order valence-electron chi connectivity index (χ4n) is 0.886. The summed E-state index contributed by atoms with van der Waals surface area (Å²) in [6, 6.07) is 3.83. The summed E-state index contributed by atoms with van der Waals surface area (Å²) in [7, 11) is 0. The maximum atomic E-state index is 12.6. The topological polar surface area (TPSA) is 26.3 Å². The molecular formula is C11H15FO2. The second kappa shape index (κ2) is 7.06. The molecule has 0 atom stereocenters. The van der Waals surface area contributed by atoms with Gasteiger partial charge in [-0.1, -0.05) is 13.8 Å². The summed E-state index contributed by atoms with van der Waals surface area (Å²) >= 11 is 0. The molecule has 0 saturated heterocycles. The van der Waals surface area contributed by atoms with Crippen molar-refractivity contribution in [1.29, 1.82) is 0 Å².